The molecule has 1 aliphatic rings. The second-order valence-electron chi connectivity index (χ2n) is 11.1. The van der Waals surface area contributed by atoms with Crippen LogP contribution in [0.15, 0.2) is 29.2 Å². The highest BCUT2D eigenvalue weighted by Crippen LogP contribution is 2.28. The summed E-state index contributed by atoms with van der Waals surface area (Å²) in [5.41, 5.74) is 0.0308. The van der Waals surface area contributed by atoms with Gasteiger partial charge in [0.2, 0.25) is 0 Å². The number of ether oxygens (including phenoxy) is 3. The van der Waals surface area contributed by atoms with E-state index in [4.69, 9.17) is 18.4 Å². The molecule has 1 heterocycles. The van der Waals surface area contributed by atoms with Gasteiger partial charge < -0.3 is 29.7 Å². The molecule has 1 saturated heterocycles. The minimum atomic E-state index is -4.36. The molecule has 5 atom stereocenters. The Balaban J connectivity index is 2.18. The fraction of sp³-hybridized carbons (Fsp3) is 0.750. The zero-order chi connectivity index (χ0) is 29.1. The Morgan fingerprint density at radius 1 is 1.03 bits per heavy atom. The van der Waals surface area contributed by atoms with E-state index < -0.39 is 59.1 Å². The number of benzene rings is 1. The van der Waals surface area contributed by atoms with E-state index in [-0.39, 0.29) is 11.5 Å². The molecular formula is C28H47NO9S. The molecule has 0 radical (unpaired) electrons. The topological polar surface area (TPSA) is 141 Å². The maximum absolute atomic E-state index is 13.1. The predicted molar refractivity (Wildman–Crippen MR) is 147 cm³/mol. The Labute approximate surface area is 233 Å². The quantitative estimate of drug-likeness (QED) is 0.208. The van der Waals surface area contributed by atoms with Gasteiger partial charge in [-0.3, -0.25) is 4.18 Å². The number of carbonyl (C=O) groups is 1. The highest BCUT2D eigenvalue weighted by molar-refractivity contribution is 7.86. The summed E-state index contributed by atoms with van der Waals surface area (Å²) in [6, 6.07) is 4.80. The van der Waals surface area contributed by atoms with Gasteiger partial charge in [0.1, 0.15) is 30.0 Å². The van der Waals surface area contributed by atoms with Crippen LogP contribution in [0.4, 0.5) is 4.79 Å². The normalized spacial score (nSPS) is 23.9. The summed E-state index contributed by atoms with van der Waals surface area (Å²) >= 11 is 0. The number of hydrogen-bond acceptors (Lipinski definition) is 9. The Kier molecular flexibility index (Phi) is 13.6. The molecule has 2 rings (SSSR count). The molecule has 1 aromatic carbocycles. The van der Waals surface area contributed by atoms with Crippen molar-refractivity contribution in [3.63, 3.8) is 0 Å². The van der Waals surface area contributed by atoms with Gasteiger partial charge >= 0.3 is 6.09 Å². The largest absolute Gasteiger partial charge is 0.444 e. The minimum Gasteiger partial charge on any atom is -0.444 e. The van der Waals surface area contributed by atoms with Gasteiger partial charge in [0, 0.05) is 6.61 Å². The lowest BCUT2D eigenvalue weighted by atomic mass is 9.97. The predicted octanol–water partition coefficient (Wildman–Crippen LogP) is 4.20. The number of unbranched alkanes of at least 4 members (excludes halogenated alkanes) is 7. The number of carbonyl (C=O) groups excluding carboxylic acids is 1. The van der Waals surface area contributed by atoms with Gasteiger partial charge in [-0.1, -0.05) is 69.6 Å². The maximum atomic E-state index is 13.1. The molecule has 1 fully saturated rings. The van der Waals surface area contributed by atoms with Crippen molar-refractivity contribution in [3.8, 4) is 0 Å². The first kappa shape index (κ1) is 33.4. The average molecular weight is 574 g/mol. The third-order valence-electron chi connectivity index (χ3n) is 6.36. The molecule has 0 spiro atoms. The number of aliphatic hydroxyl groups is 2. The number of hydrogen-bond donors (Lipinski definition) is 3. The third-order valence-corrected chi connectivity index (χ3v) is 7.69. The van der Waals surface area contributed by atoms with Gasteiger partial charge in [0.25, 0.3) is 10.1 Å². The van der Waals surface area contributed by atoms with Crippen molar-refractivity contribution in [3.05, 3.63) is 29.8 Å². The van der Waals surface area contributed by atoms with Crippen molar-refractivity contribution < 1.29 is 41.8 Å². The maximum Gasteiger partial charge on any atom is 0.408 e. The van der Waals surface area contributed by atoms with Gasteiger partial charge in [0.15, 0.2) is 6.29 Å². The van der Waals surface area contributed by atoms with Crippen LogP contribution in [0.25, 0.3) is 0 Å². The number of aliphatic hydroxyl groups excluding tert-OH is 2. The molecule has 11 heteroatoms. The van der Waals surface area contributed by atoms with Crippen LogP contribution < -0.4 is 5.32 Å². The molecular weight excluding hydrogens is 526 g/mol. The van der Waals surface area contributed by atoms with E-state index in [0.29, 0.717) is 0 Å². The molecule has 0 bridgehead atoms. The molecule has 0 unspecified atom stereocenters. The van der Waals surface area contributed by atoms with Crippen LogP contribution in [0.3, 0.4) is 0 Å². The van der Waals surface area contributed by atoms with Gasteiger partial charge in [-0.05, 0) is 46.2 Å². The highest BCUT2D eigenvalue weighted by atomic mass is 32.2. The number of aryl methyl sites for hydroxylation is 1. The van der Waals surface area contributed by atoms with Crippen molar-refractivity contribution in [1.82, 2.24) is 5.32 Å². The zero-order valence-corrected chi connectivity index (χ0v) is 24.7. The summed E-state index contributed by atoms with van der Waals surface area (Å²) in [5.74, 6) is 0. The molecule has 39 heavy (non-hydrogen) atoms. The summed E-state index contributed by atoms with van der Waals surface area (Å²) < 4.78 is 48.8. The second kappa shape index (κ2) is 15.9. The van der Waals surface area contributed by atoms with Crippen LogP contribution in [-0.4, -0.2) is 74.2 Å². The Bertz CT molecular complexity index is 962. The molecule has 224 valence electrons. The van der Waals surface area contributed by atoms with Crippen LogP contribution in [0.5, 0.6) is 0 Å². The van der Waals surface area contributed by atoms with E-state index in [1.807, 2.05) is 6.92 Å². The number of rotatable bonds is 15. The Morgan fingerprint density at radius 3 is 2.18 bits per heavy atom. The van der Waals surface area contributed by atoms with Crippen molar-refractivity contribution in [1.29, 1.82) is 0 Å². The summed E-state index contributed by atoms with van der Waals surface area (Å²) in [6.07, 6.45) is 2.43. The van der Waals surface area contributed by atoms with Crippen molar-refractivity contribution in [2.45, 2.75) is 127 Å². The van der Waals surface area contributed by atoms with Gasteiger partial charge in [0.05, 0.1) is 11.5 Å². The molecule has 1 aliphatic heterocycles. The van der Waals surface area contributed by atoms with Gasteiger partial charge in [-0.25, -0.2) is 4.79 Å². The lowest BCUT2D eigenvalue weighted by molar-refractivity contribution is -0.265. The highest BCUT2D eigenvalue weighted by Gasteiger charge is 2.49. The average Bonchev–Trinajstić information content (AvgIpc) is 2.85. The van der Waals surface area contributed by atoms with E-state index in [0.717, 1.165) is 31.2 Å². The van der Waals surface area contributed by atoms with E-state index in [2.05, 4.69) is 12.2 Å². The van der Waals surface area contributed by atoms with Crippen LogP contribution in [0.2, 0.25) is 0 Å². The summed E-state index contributed by atoms with van der Waals surface area (Å²) in [5, 5.41) is 23.3. The Morgan fingerprint density at radius 2 is 1.62 bits per heavy atom. The first-order chi connectivity index (χ1) is 18.4. The lowest BCUT2D eigenvalue weighted by Crippen LogP contribution is -2.66. The van der Waals surface area contributed by atoms with Crippen LogP contribution in [0.1, 0.15) is 84.6 Å². The van der Waals surface area contributed by atoms with E-state index in [1.165, 1.54) is 37.8 Å². The molecule has 10 nitrogen and oxygen atoms in total. The van der Waals surface area contributed by atoms with Crippen LogP contribution >= 0.6 is 0 Å². The first-order valence-electron chi connectivity index (χ1n) is 13.9. The Hall–Kier alpha value is -1.76. The van der Waals surface area contributed by atoms with Crippen LogP contribution in [-0.2, 0) is 28.5 Å². The molecule has 0 aliphatic carbocycles. The fourth-order valence-electron chi connectivity index (χ4n) is 4.26. The zero-order valence-electron chi connectivity index (χ0n) is 23.9. The molecule has 0 aromatic heterocycles. The van der Waals surface area contributed by atoms with E-state index in [9.17, 15) is 23.4 Å². The first-order valence-corrected chi connectivity index (χ1v) is 15.3. The number of amides is 1. The summed E-state index contributed by atoms with van der Waals surface area (Å²) in [7, 11) is -4.36. The van der Waals surface area contributed by atoms with E-state index >= 15 is 0 Å². The van der Waals surface area contributed by atoms with Crippen LogP contribution in [0, 0.1) is 6.92 Å². The SMILES string of the molecule is CCCCCCCCCCO[C@H]1O[C@H](CO)[C@H](O)[C@H](OS(=O)(=O)c2ccc(C)cc2)[C@H]1NC(=O)OC(C)(C)C. The molecule has 0 saturated carbocycles. The molecule has 1 amide bonds. The van der Waals surface area contributed by atoms with E-state index in [1.54, 1.807) is 32.9 Å². The standard InChI is InChI=1S/C28H47NO9S/c1-6-7-8-9-10-11-12-13-18-35-26-23(29-27(32)37-28(3,4)5)25(24(31)22(19-30)36-26)38-39(33,34)21-16-14-20(2)15-17-21/h14-17,22-26,30-31H,6-13,18-19H2,1-5H3,(H,29,32)/t22-,23-,24+,25-,26+/m1/s1. The van der Waals surface area contributed by atoms with Gasteiger partial charge in [-0.2, -0.15) is 8.42 Å². The summed E-state index contributed by atoms with van der Waals surface area (Å²) in [6.45, 7) is 8.73. The summed E-state index contributed by atoms with van der Waals surface area (Å²) in [4.78, 5) is 12.6. The van der Waals surface area contributed by atoms with Gasteiger partial charge in [-0.15, -0.1) is 0 Å². The third kappa shape index (κ3) is 11.3. The monoisotopic (exact) mass is 573 g/mol. The second-order valence-corrected chi connectivity index (χ2v) is 12.6. The number of alkyl carbamates (subject to hydrolysis) is 1. The van der Waals surface area contributed by atoms with Crippen molar-refractivity contribution in [2.75, 3.05) is 13.2 Å². The van der Waals surface area contributed by atoms with Crippen molar-refractivity contribution in [2.24, 2.45) is 0 Å². The lowest BCUT2D eigenvalue weighted by Gasteiger charge is -2.43. The minimum absolute atomic E-state index is 0.111. The molecule has 1 aromatic rings. The molecule has 3 N–H and O–H groups in total. The van der Waals surface area contributed by atoms with Crippen molar-refractivity contribution >= 4 is 16.2 Å². The smallest absolute Gasteiger partial charge is 0.408 e. The fourth-order valence-corrected chi connectivity index (χ4v) is 5.37. The number of nitrogens with one attached hydrogen (secondary N) is 1.